The summed E-state index contributed by atoms with van der Waals surface area (Å²) in [5.74, 6) is 0.778. The van der Waals surface area contributed by atoms with Crippen molar-refractivity contribution in [3.05, 3.63) is 35.4 Å². The Balaban J connectivity index is 2.37. The zero-order valence-electron chi connectivity index (χ0n) is 12.3. The average molecular weight is 262 g/mol. The molecular weight excluding hydrogens is 236 g/mol. The van der Waals surface area contributed by atoms with Crippen molar-refractivity contribution >= 4 is 5.91 Å². The maximum absolute atomic E-state index is 11.9. The Morgan fingerprint density at radius 1 is 1.11 bits per heavy atom. The van der Waals surface area contributed by atoms with E-state index in [1.807, 2.05) is 24.3 Å². The highest BCUT2D eigenvalue weighted by Crippen LogP contribution is 2.08. The number of carbonyl (C=O) groups excluding carboxylic acids is 1. The monoisotopic (exact) mass is 262 g/mol. The molecule has 0 fully saturated rings. The Hall–Kier alpha value is -1.35. The van der Waals surface area contributed by atoms with Gasteiger partial charge in [-0.3, -0.25) is 4.79 Å². The molecule has 3 nitrogen and oxygen atoms in total. The van der Waals surface area contributed by atoms with Crippen LogP contribution in [0.15, 0.2) is 24.3 Å². The number of benzene rings is 1. The average Bonchev–Trinajstić information content (AvgIpc) is 2.37. The molecule has 1 unspecified atom stereocenters. The van der Waals surface area contributed by atoms with E-state index in [1.165, 1.54) is 0 Å². The minimum Gasteiger partial charge on any atom is -0.353 e. The maximum Gasteiger partial charge on any atom is 0.224 e. The zero-order valence-corrected chi connectivity index (χ0v) is 12.3. The second-order valence-electron chi connectivity index (χ2n) is 5.64. The summed E-state index contributed by atoms with van der Waals surface area (Å²) in [5, 5.41) is 3.05. The van der Waals surface area contributed by atoms with Crippen LogP contribution in [0.2, 0.25) is 0 Å². The van der Waals surface area contributed by atoms with Crippen LogP contribution in [0, 0.1) is 5.92 Å². The van der Waals surface area contributed by atoms with E-state index in [0.29, 0.717) is 18.9 Å². The van der Waals surface area contributed by atoms with Gasteiger partial charge in [0, 0.05) is 12.6 Å². The summed E-state index contributed by atoms with van der Waals surface area (Å²) < 4.78 is 0. The number of hydrogen-bond donors (Lipinski definition) is 2. The number of rotatable bonds is 7. The quantitative estimate of drug-likeness (QED) is 0.793. The van der Waals surface area contributed by atoms with Crippen LogP contribution in [0.4, 0.5) is 0 Å². The fourth-order valence-corrected chi connectivity index (χ4v) is 1.96. The van der Waals surface area contributed by atoms with E-state index in [-0.39, 0.29) is 11.9 Å². The molecule has 0 radical (unpaired) electrons. The molecule has 0 saturated carbocycles. The maximum atomic E-state index is 11.9. The number of amides is 1. The lowest BCUT2D eigenvalue weighted by molar-refractivity contribution is -0.121. The van der Waals surface area contributed by atoms with Crippen LogP contribution in [0.25, 0.3) is 0 Å². The van der Waals surface area contributed by atoms with Gasteiger partial charge in [0.1, 0.15) is 0 Å². The summed E-state index contributed by atoms with van der Waals surface area (Å²) >= 11 is 0. The second-order valence-corrected chi connectivity index (χ2v) is 5.64. The van der Waals surface area contributed by atoms with Gasteiger partial charge in [-0.15, -0.1) is 0 Å². The molecule has 0 aliphatic heterocycles. The summed E-state index contributed by atoms with van der Waals surface area (Å²) in [6, 6.07) is 8.15. The molecule has 1 atom stereocenters. The smallest absolute Gasteiger partial charge is 0.224 e. The van der Waals surface area contributed by atoms with Crippen molar-refractivity contribution in [2.24, 2.45) is 11.7 Å². The summed E-state index contributed by atoms with van der Waals surface area (Å²) in [4.78, 5) is 11.9. The first-order chi connectivity index (χ1) is 9.01. The lowest BCUT2D eigenvalue weighted by Crippen LogP contribution is -2.33. The van der Waals surface area contributed by atoms with E-state index in [9.17, 15) is 4.79 Å². The molecule has 1 amide bonds. The summed E-state index contributed by atoms with van der Waals surface area (Å²) in [6.07, 6.45) is 2.62. The van der Waals surface area contributed by atoms with Crippen LogP contribution in [-0.2, 0) is 17.8 Å². The minimum absolute atomic E-state index is 0.0942. The standard InChI is InChI=1S/C16H26N2O/c1-12(2)4-5-13(3)18-16(19)10-14-6-8-15(11-17)9-7-14/h6-9,12-13H,4-5,10-11,17H2,1-3H3,(H,18,19). The topological polar surface area (TPSA) is 55.1 Å². The van der Waals surface area contributed by atoms with Gasteiger partial charge in [0.25, 0.3) is 0 Å². The fraction of sp³-hybridized carbons (Fsp3) is 0.562. The second kappa shape index (κ2) is 7.95. The number of hydrogen-bond acceptors (Lipinski definition) is 2. The van der Waals surface area contributed by atoms with Gasteiger partial charge in [0.15, 0.2) is 0 Å². The largest absolute Gasteiger partial charge is 0.353 e. The molecule has 0 aliphatic rings. The van der Waals surface area contributed by atoms with E-state index in [2.05, 4.69) is 26.1 Å². The Labute approximate surface area is 116 Å². The van der Waals surface area contributed by atoms with E-state index in [0.717, 1.165) is 24.0 Å². The first-order valence-electron chi connectivity index (χ1n) is 7.08. The van der Waals surface area contributed by atoms with Gasteiger partial charge in [0.05, 0.1) is 6.42 Å². The molecule has 0 saturated heterocycles. The van der Waals surface area contributed by atoms with Gasteiger partial charge in [-0.05, 0) is 36.8 Å². The molecule has 19 heavy (non-hydrogen) atoms. The van der Waals surface area contributed by atoms with Gasteiger partial charge in [-0.1, -0.05) is 38.1 Å². The molecule has 0 bridgehead atoms. The van der Waals surface area contributed by atoms with Crippen molar-refractivity contribution in [3.8, 4) is 0 Å². The molecule has 1 rings (SSSR count). The summed E-state index contributed by atoms with van der Waals surface area (Å²) in [6.45, 7) is 7.01. The molecule has 0 heterocycles. The van der Waals surface area contributed by atoms with Gasteiger partial charge < -0.3 is 11.1 Å². The predicted octanol–water partition coefficient (Wildman–Crippen LogP) is 2.63. The van der Waals surface area contributed by atoms with Crippen LogP contribution < -0.4 is 11.1 Å². The molecule has 0 spiro atoms. The van der Waals surface area contributed by atoms with Gasteiger partial charge in [0.2, 0.25) is 5.91 Å². The van der Waals surface area contributed by atoms with Gasteiger partial charge in [-0.25, -0.2) is 0 Å². The first-order valence-corrected chi connectivity index (χ1v) is 7.08. The Morgan fingerprint density at radius 3 is 2.21 bits per heavy atom. The van der Waals surface area contributed by atoms with Crippen LogP contribution in [0.5, 0.6) is 0 Å². The predicted molar refractivity (Wildman–Crippen MR) is 79.7 cm³/mol. The van der Waals surface area contributed by atoms with Crippen molar-refractivity contribution in [2.45, 2.75) is 52.6 Å². The minimum atomic E-state index is 0.0942. The van der Waals surface area contributed by atoms with Crippen molar-refractivity contribution in [2.75, 3.05) is 0 Å². The lowest BCUT2D eigenvalue weighted by Gasteiger charge is -2.15. The molecule has 0 aromatic heterocycles. The molecule has 1 aromatic rings. The van der Waals surface area contributed by atoms with Crippen molar-refractivity contribution in [1.82, 2.24) is 5.32 Å². The highest BCUT2D eigenvalue weighted by atomic mass is 16.1. The van der Waals surface area contributed by atoms with E-state index >= 15 is 0 Å². The van der Waals surface area contributed by atoms with E-state index < -0.39 is 0 Å². The van der Waals surface area contributed by atoms with Crippen molar-refractivity contribution < 1.29 is 4.79 Å². The van der Waals surface area contributed by atoms with Crippen molar-refractivity contribution in [1.29, 1.82) is 0 Å². The van der Waals surface area contributed by atoms with E-state index in [4.69, 9.17) is 5.73 Å². The van der Waals surface area contributed by atoms with Crippen molar-refractivity contribution in [3.63, 3.8) is 0 Å². The summed E-state index contributed by atoms with van der Waals surface area (Å²) in [7, 11) is 0. The highest BCUT2D eigenvalue weighted by Gasteiger charge is 2.08. The molecule has 3 heteroatoms. The Kier molecular flexibility index (Phi) is 6.57. The molecular formula is C16H26N2O. The molecule has 1 aromatic carbocycles. The Morgan fingerprint density at radius 2 is 1.68 bits per heavy atom. The fourth-order valence-electron chi connectivity index (χ4n) is 1.96. The van der Waals surface area contributed by atoms with Crippen LogP contribution in [0.1, 0.15) is 44.7 Å². The Bertz CT molecular complexity index is 384. The SMILES string of the molecule is CC(C)CCC(C)NC(=O)Cc1ccc(CN)cc1. The zero-order chi connectivity index (χ0) is 14.3. The molecule has 106 valence electrons. The number of nitrogens with two attached hydrogens (primary N) is 1. The third kappa shape index (κ3) is 6.39. The molecule has 3 N–H and O–H groups in total. The third-order valence-corrected chi connectivity index (χ3v) is 3.21. The lowest BCUT2D eigenvalue weighted by atomic mass is 10.0. The van der Waals surface area contributed by atoms with Crippen LogP contribution in [0.3, 0.4) is 0 Å². The van der Waals surface area contributed by atoms with Crippen LogP contribution >= 0.6 is 0 Å². The van der Waals surface area contributed by atoms with Gasteiger partial charge >= 0.3 is 0 Å². The number of carbonyl (C=O) groups is 1. The van der Waals surface area contributed by atoms with E-state index in [1.54, 1.807) is 0 Å². The van der Waals surface area contributed by atoms with Crippen LogP contribution in [-0.4, -0.2) is 11.9 Å². The normalized spacial score (nSPS) is 12.5. The summed E-state index contributed by atoms with van der Waals surface area (Å²) in [5.41, 5.74) is 7.67. The third-order valence-electron chi connectivity index (χ3n) is 3.21. The number of nitrogens with one attached hydrogen (secondary N) is 1. The molecule has 0 aliphatic carbocycles. The highest BCUT2D eigenvalue weighted by molar-refractivity contribution is 5.78. The van der Waals surface area contributed by atoms with Gasteiger partial charge in [-0.2, -0.15) is 0 Å². The first kappa shape index (κ1) is 15.7.